The van der Waals surface area contributed by atoms with E-state index in [1.54, 1.807) is 70.2 Å². The molecule has 0 fully saturated rings. The number of para-hydroxylation sites is 4. The third kappa shape index (κ3) is 15.1. The second-order valence-corrected chi connectivity index (χ2v) is 18.7. The van der Waals surface area contributed by atoms with E-state index in [4.69, 9.17) is 4.74 Å². The molecule has 24 nitrogen and oxygen atoms in total. The van der Waals surface area contributed by atoms with Crippen molar-refractivity contribution in [3.63, 3.8) is 0 Å². The predicted molar refractivity (Wildman–Crippen MR) is 286 cm³/mol. The van der Waals surface area contributed by atoms with Crippen LogP contribution in [0.25, 0.3) is 0 Å². The first-order valence-corrected chi connectivity index (χ1v) is 24.7. The quantitative estimate of drug-likeness (QED) is 0.0632. The van der Waals surface area contributed by atoms with Crippen LogP contribution in [0.5, 0.6) is 11.5 Å². The fraction of sp³-hybridized carbons (Fsp3) is 0.345. The summed E-state index contributed by atoms with van der Waals surface area (Å²) in [6.45, 7) is 5.82. The molecule has 0 radical (unpaired) electrons. The molecular weight excluding hydrogens is 1030 g/mol. The molecule has 2 aliphatic heterocycles. The van der Waals surface area contributed by atoms with Gasteiger partial charge in [-0.05, 0) is 112 Å². The van der Waals surface area contributed by atoms with Gasteiger partial charge < -0.3 is 60.7 Å². The minimum atomic E-state index is -1.33. The molecule has 8 amide bonds. The Bertz CT molecular complexity index is 3020. The van der Waals surface area contributed by atoms with Crippen molar-refractivity contribution in [2.75, 3.05) is 66.1 Å². The highest BCUT2D eigenvalue weighted by molar-refractivity contribution is 6.13. The van der Waals surface area contributed by atoms with Gasteiger partial charge in [-0.2, -0.15) is 0 Å². The average Bonchev–Trinajstić information content (AvgIpc) is 3.85. The number of aliphatic hydroxyl groups is 2. The monoisotopic (exact) mass is 1090 g/mol. The number of nitrogens with zero attached hydrogens (tertiary/aromatic N) is 4. The molecule has 0 unspecified atom stereocenters. The van der Waals surface area contributed by atoms with Gasteiger partial charge in [0.2, 0.25) is 11.8 Å². The van der Waals surface area contributed by atoms with E-state index in [2.05, 4.69) is 21.3 Å². The minimum Gasteiger partial charge on any atom is -0.507 e. The lowest BCUT2D eigenvalue weighted by Crippen LogP contribution is -2.55. The van der Waals surface area contributed by atoms with E-state index in [-0.39, 0.29) is 77.1 Å². The molecule has 24 heteroatoms. The number of carbonyl (C=O) groups excluding carboxylic acids is 12. The predicted octanol–water partition coefficient (Wildman–Crippen LogP) is 0.588. The van der Waals surface area contributed by atoms with Crippen LogP contribution in [0.15, 0.2) is 72.8 Å². The highest BCUT2D eigenvalue weighted by atomic mass is 16.5. The van der Waals surface area contributed by atoms with Crippen molar-refractivity contribution in [1.82, 2.24) is 21.3 Å². The van der Waals surface area contributed by atoms with E-state index in [9.17, 15) is 72.9 Å². The van der Waals surface area contributed by atoms with Gasteiger partial charge in [-0.25, -0.2) is 0 Å². The number of methoxy groups -OCH3 is 1. The largest absolute Gasteiger partial charge is 0.507 e. The smallest absolute Gasteiger partial charge is 0.252 e. The van der Waals surface area contributed by atoms with Gasteiger partial charge in [0.05, 0.1) is 55.0 Å². The van der Waals surface area contributed by atoms with Gasteiger partial charge in [-0.1, -0.05) is 24.3 Å². The Balaban J connectivity index is 0.000000291. The number of ether oxygens (including phenoxy) is 1. The molecular formula is C55H62N8O16. The summed E-state index contributed by atoms with van der Waals surface area (Å²) in [5.41, 5.74) is 3.56. The fourth-order valence-electron chi connectivity index (χ4n) is 9.01. The zero-order chi connectivity index (χ0) is 58.4. The Hall–Kier alpha value is -9.16. The number of nitrogens with one attached hydrogen (secondary N) is 4. The lowest BCUT2D eigenvalue weighted by molar-refractivity contribution is -0.127. The molecule has 79 heavy (non-hydrogen) atoms. The molecule has 2 heterocycles. The summed E-state index contributed by atoms with van der Waals surface area (Å²) in [7, 11) is 1.52. The first-order chi connectivity index (χ1) is 37.5. The Morgan fingerprint density at radius 1 is 0.595 bits per heavy atom. The molecule has 0 aliphatic carbocycles. The number of ketones is 2. The van der Waals surface area contributed by atoms with Gasteiger partial charge in [-0.15, -0.1) is 0 Å². The van der Waals surface area contributed by atoms with Crippen LogP contribution in [0.1, 0.15) is 69.7 Å². The van der Waals surface area contributed by atoms with Crippen LogP contribution in [0.2, 0.25) is 0 Å². The maximum absolute atomic E-state index is 13.8. The number of phenolic OH excluding ortho intramolecular Hbond substituents is 1. The molecule has 4 aromatic carbocycles. The Morgan fingerprint density at radius 3 is 1.25 bits per heavy atom. The minimum absolute atomic E-state index is 0.0304. The fourth-order valence-corrected chi connectivity index (χ4v) is 9.01. The van der Waals surface area contributed by atoms with Crippen molar-refractivity contribution in [1.29, 1.82) is 0 Å². The Labute approximate surface area is 454 Å². The molecule has 2 aliphatic rings. The summed E-state index contributed by atoms with van der Waals surface area (Å²) in [6.07, 6.45) is 0.422. The van der Waals surface area contributed by atoms with E-state index >= 15 is 0 Å². The van der Waals surface area contributed by atoms with Gasteiger partial charge in [-0.3, -0.25) is 57.7 Å². The van der Waals surface area contributed by atoms with E-state index < -0.39 is 97.7 Å². The zero-order valence-corrected chi connectivity index (χ0v) is 44.5. The molecule has 0 spiro atoms. The Kier molecular flexibility index (Phi) is 20.9. The SMILES string of the molecule is CC(=O)C[C@@H](C=O)NC(=O)CN1C(=O)[C@@H](NC(=O)c2cc(C)c(O)c(C)c2)CN(C(=O)CO)c2ccccc21.COc1c(C)cc(C(=O)N[C@H]2CN(C(=O)CO)c3ccccc3N(CC(=O)N[C@H](C=O)CC(C)=O)C2=O)cc1C. The van der Waals surface area contributed by atoms with Crippen LogP contribution in [-0.4, -0.2) is 157 Å². The molecule has 0 bridgehead atoms. The molecule has 4 atom stereocenters. The molecule has 0 saturated carbocycles. The summed E-state index contributed by atoms with van der Waals surface area (Å²) < 4.78 is 5.35. The number of fused-ring (bicyclic) bond motifs is 2. The summed E-state index contributed by atoms with van der Waals surface area (Å²) in [5, 5.41) is 39.4. The van der Waals surface area contributed by atoms with Crippen molar-refractivity contribution in [2.45, 2.75) is 78.6 Å². The van der Waals surface area contributed by atoms with E-state index in [0.717, 1.165) is 14.7 Å². The normalized spacial score (nSPS) is 15.5. The highest BCUT2D eigenvalue weighted by Gasteiger charge is 2.40. The summed E-state index contributed by atoms with van der Waals surface area (Å²) in [4.78, 5) is 155. The number of aryl methyl sites for hydroxylation is 4. The Morgan fingerprint density at radius 2 is 0.937 bits per heavy atom. The number of aromatic hydroxyl groups is 1. The lowest BCUT2D eigenvalue weighted by Gasteiger charge is -2.25. The first kappa shape index (κ1) is 60.7. The van der Waals surface area contributed by atoms with Crippen LogP contribution in [0.3, 0.4) is 0 Å². The van der Waals surface area contributed by atoms with Crippen molar-refractivity contribution >= 4 is 94.1 Å². The zero-order valence-electron chi connectivity index (χ0n) is 44.5. The molecule has 0 aromatic heterocycles. The summed E-state index contributed by atoms with van der Waals surface area (Å²) in [5.74, 6) is -5.57. The van der Waals surface area contributed by atoms with Gasteiger partial charge in [0, 0.05) is 24.0 Å². The van der Waals surface area contributed by atoms with Gasteiger partial charge in [0.15, 0.2) is 0 Å². The van der Waals surface area contributed by atoms with Crippen LogP contribution in [-0.2, 0) is 47.9 Å². The van der Waals surface area contributed by atoms with Crippen molar-refractivity contribution in [2.24, 2.45) is 0 Å². The van der Waals surface area contributed by atoms with Crippen LogP contribution in [0, 0.1) is 27.7 Å². The van der Waals surface area contributed by atoms with Crippen molar-refractivity contribution in [3.05, 3.63) is 106 Å². The number of aliphatic hydroxyl groups excluding tert-OH is 2. The number of amides is 8. The number of carbonyl (C=O) groups is 12. The summed E-state index contributed by atoms with van der Waals surface area (Å²) >= 11 is 0. The highest BCUT2D eigenvalue weighted by Crippen LogP contribution is 2.35. The maximum atomic E-state index is 13.8. The number of hydrogen-bond acceptors (Lipinski definition) is 16. The van der Waals surface area contributed by atoms with E-state index in [1.807, 2.05) is 0 Å². The number of benzene rings is 4. The van der Waals surface area contributed by atoms with Crippen molar-refractivity contribution < 1.29 is 77.6 Å². The topological polar surface area (TPSA) is 336 Å². The molecule has 7 N–H and O–H groups in total. The lowest BCUT2D eigenvalue weighted by atomic mass is 10.0. The number of phenols is 1. The van der Waals surface area contributed by atoms with Crippen LogP contribution < -0.4 is 45.6 Å². The molecule has 6 rings (SSSR count). The van der Waals surface area contributed by atoms with Crippen molar-refractivity contribution in [3.8, 4) is 11.5 Å². The number of hydrogen-bond donors (Lipinski definition) is 7. The number of Topliss-reactive ketones (excluding diaryl/α,β-unsaturated/α-hetero) is 2. The van der Waals surface area contributed by atoms with Crippen LogP contribution >= 0.6 is 0 Å². The molecule has 418 valence electrons. The second kappa shape index (κ2) is 27.2. The second-order valence-electron chi connectivity index (χ2n) is 18.7. The van der Waals surface area contributed by atoms with Gasteiger partial charge >= 0.3 is 0 Å². The van der Waals surface area contributed by atoms with Gasteiger partial charge in [0.1, 0.15) is 74.0 Å². The average molecular weight is 1090 g/mol. The van der Waals surface area contributed by atoms with E-state index in [1.165, 1.54) is 56.2 Å². The number of anilines is 4. The molecule has 0 saturated heterocycles. The third-order valence-corrected chi connectivity index (χ3v) is 12.6. The standard InChI is InChI=1S/C28H32N4O8.C27H30N4O8/c1-16-9-19(10-17(2)26(16)40-4)27(38)30-21-12-31(25(37)15-34)22-7-5-6-8-23(22)32(28(21)39)13-24(36)29-20(14-33)11-18(3)35;1-15-8-18(9-16(2)25(15)37)26(38)29-20-11-30(24(36)14-33)21-6-4-5-7-22(21)31(27(20)39)12-23(35)28-19(13-32)10-17(3)34/h5-10,14,20-21,34H,11-13,15H2,1-4H3,(H,29,36)(H,30,38);4-9,13,19-20,33,37H,10-12,14H2,1-3H3,(H,28,35)(H,29,38)/t20-,21-;19-,20-/m00/s1. The maximum Gasteiger partial charge on any atom is 0.252 e. The number of rotatable bonds is 19. The van der Waals surface area contributed by atoms with Crippen LogP contribution in [0.4, 0.5) is 22.7 Å². The first-order valence-electron chi connectivity index (χ1n) is 24.7. The number of aldehydes is 2. The van der Waals surface area contributed by atoms with Gasteiger partial charge in [0.25, 0.3) is 35.4 Å². The summed E-state index contributed by atoms with van der Waals surface area (Å²) in [6, 6.07) is 13.8. The third-order valence-electron chi connectivity index (χ3n) is 12.6. The molecule has 4 aromatic rings. The van der Waals surface area contributed by atoms with E-state index in [0.29, 0.717) is 40.6 Å².